The van der Waals surface area contributed by atoms with Gasteiger partial charge in [0.2, 0.25) is 0 Å². The summed E-state index contributed by atoms with van der Waals surface area (Å²) in [6.45, 7) is 0.176. The Kier molecular flexibility index (Phi) is 4.70. The summed E-state index contributed by atoms with van der Waals surface area (Å²) in [7, 11) is 0. The molecular weight excluding hydrogens is 344 g/mol. The Morgan fingerprint density at radius 2 is 1.89 bits per heavy atom. The van der Waals surface area contributed by atoms with Crippen molar-refractivity contribution in [1.82, 2.24) is 10.3 Å². The van der Waals surface area contributed by atoms with Crippen LogP contribution in [0.25, 0.3) is 10.9 Å². The lowest BCUT2D eigenvalue weighted by Gasteiger charge is -2.26. The number of nitrogens with zero attached hydrogens (tertiary/aromatic N) is 1. The first-order valence-corrected chi connectivity index (χ1v) is 8.75. The van der Waals surface area contributed by atoms with Crippen molar-refractivity contribution in [2.45, 2.75) is 12.5 Å². The number of nitrogens with one attached hydrogen (secondary N) is 1. The van der Waals surface area contributed by atoms with Crippen molar-refractivity contribution in [1.29, 1.82) is 0 Å². The van der Waals surface area contributed by atoms with Gasteiger partial charge in [0.1, 0.15) is 11.4 Å². The van der Waals surface area contributed by atoms with E-state index in [1.54, 1.807) is 12.1 Å². The average molecular weight is 362 g/mol. The number of hydrogen-bond donors (Lipinski definition) is 1. The lowest BCUT2D eigenvalue weighted by molar-refractivity contribution is -0.125. The Labute approximate surface area is 156 Å². The van der Waals surface area contributed by atoms with Crippen molar-refractivity contribution in [2.24, 2.45) is 0 Å². The molecule has 6 nitrogen and oxygen atoms in total. The van der Waals surface area contributed by atoms with E-state index in [1.807, 2.05) is 48.5 Å². The maximum atomic E-state index is 12.2. The molecule has 2 heterocycles. The highest BCUT2D eigenvalue weighted by Gasteiger charge is 2.23. The summed E-state index contributed by atoms with van der Waals surface area (Å²) in [6.07, 6.45) is 0.670. The van der Waals surface area contributed by atoms with Gasteiger partial charge in [0, 0.05) is 17.4 Å². The number of para-hydroxylation sites is 2. The van der Waals surface area contributed by atoms with Gasteiger partial charge in [-0.05, 0) is 18.2 Å². The third-order valence-electron chi connectivity index (χ3n) is 4.44. The minimum Gasteiger partial charge on any atom is -0.493 e. The summed E-state index contributed by atoms with van der Waals surface area (Å²) in [5.41, 5.74) is 1.81. The maximum Gasteiger partial charge on any atom is 0.357 e. The summed E-state index contributed by atoms with van der Waals surface area (Å²) in [6, 6.07) is 18.3. The van der Waals surface area contributed by atoms with Gasteiger partial charge in [-0.2, -0.15) is 0 Å². The fourth-order valence-electron chi connectivity index (χ4n) is 3.11. The zero-order valence-corrected chi connectivity index (χ0v) is 14.6. The van der Waals surface area contributed by atoms with E-state index in [2.05, 4.69) is 10.3 Å². The number of amides is 1. The number of carbonyl (C=O) groups is 2. The summed E-state index contributed by atoms with van der Waals surface area (Å²) in [4.78, 5) is 28.7. The van der Waals surface area contributed by atoms with E-state index in [0.29, 0.717) is 18.5 Å². The number of pyridine rings is 1. The normalized spacial score (nSPS) is 15.5. The maximum absolute atomic E-state index is 12.2. The van der Waals surface area contributed by atoms with E-state index in [-0.39, 0.29) is 24.2 Å². The number of hydrogen-bond acceptors (Lipinski definition) is 5. The zero-order valence-electron chi connectivity index (χ0n) is 14.6. The Morgan fingerprint density at radius 1 is 1.07 bits per heavy atom. The van der Waals surface area contributed by atoms with Crippen molar-refractivity contribution in [3.8, 4) is 5.75 Å². The Bertz CT molecular complexity index is 1000. The second kappa shape index (κ2) is 7.45. The number of fused-ring (bicyclic) bond motifs is 2. The van der Waals surface area contributed by atoms with Crippen LogP contribution < -0.4 is 10.1 Å². The molecule has 0 radical (unpaired) electrons. The van der Waals surface area contributed by atoms with E-state index in [4.69, 9.17) is 9.47 Å². The first kappa shape index (κ1) is 17.0. The van der Waals surface area contributed by atoms with Gasteiger partial charge in [-0.15, -0.1) is 0 Å². The molecule has 1 aliphatic heterocycles. The van der Waals surface area contributed by atoms with Gasteiger partial charge < -0.3 is 14.8 Å². The molecule has 0 aliphatic carbocycles. The van der Waals surface area contributed by atoms with Crippen LogP contribution in [0.3, 0.4) is 0 Å². The van der Waals surface area contributed by atoms with E-state index in [0.717, 1.165) is 16.7 Å². The standard InChI is InChI=1S/C21H18N2O4/c24-20(23-17-11-12-26-19-8-4-2-6-15(17)19)13-27-21(25)18-10-9-14-5-1-3-7-16(14)22-18/h1-10,17H,11-13H2,(H,23,24). The second-order valence-electron chi connectivity index (χ2n) is 6.26. The Balaban J connectivity index is 1.37. The Hall–Kier alpha value is -3.41. The smallest absolute Gasteiger partial charge is 0.357 e. The largest absolute Gasteiger partial charge is 0.493 e. The average Bonchev–Trinajstić information content (AvgIpc) is 2.72. The molecular formula is C21H18N2O4. The molecule has 4 rings (SSSR count). The first-order valence-electron chi connectivity index (χ1n) is 8.75. The first-order chi connectivity index (χ1) is 13.2. The monoisotopic (exact) mass is 362 g/mol. The van der Waals surface area contributed by atoms with Crippen LogP contribution in [-0.4, -0.2) is 30.1 Å². The van der Waals surface area contributed by atoms with Crippen molar-refractivity contribution in [2.75, 3.05) is 13.2 Å². The van der Waals surface area contributed by atoms with Gasteiger partial charge in [0.25, 0.3) is 5.91 Å². The number of benzene rings is 2. The molecule has 1 atom stereocenters. The summed E-state index contributed by atoms with van der Waals surface area (Å²) < 4.78 is 10.7. The number of aromatic nitrogens is 1. The van der Waals surface area contributed by atoms with E-state index >= 15 is 0 Å². The van der Waals surface area contributed by atoms with E-state index in [9.17, 15) is 9.59 Å². The Morgan fingerprint density at radius 3 is 2.81 bits per heavy atom. The van der Waals surface area contributed by atoms with Crippen LogP contribution in [0.15, 0.2) is 60.7 Å². The molecule has 0 saturated heterocycles. The lowest BCUT2D eigenvalue weighted by atomic mass is 10.0. The van der Waals surface area contributed by atoms with Crippen LogP contribution in [-0.2, 0) is 9.53 Å². The topological polar surface area (TPSA) is 77.5 Å². The molecule has 0 saturated carbocycles. The van der Waals surface area contributed by atoms with Crippen LogP contribution in [0.2, 0.25) is 0 Å². The van der Waals surface area contributed by atoms with Gasteiger partial charge in [-0.1, -0.05) is 42.5 Å². The van der Waals surface area contributed by atoms with E-state index < -0.39 is 5.97 Å². The molecule has 1 aliphatic rings. The van der Waals surface area contributed by atoms with Crippen molar-refractivity contribution < 1.29 is 19.1 Å². The highest BCUT2D eigenvalue weighted by atomic mass is 16.5. The molecule has 1 amide bonds. The molecule has 0 fully saturated rings. The fraction of sp³-hybridized carbons (Fsp3) is 0.190. The van der Waals surface area contributed by atoms with Gasteiger partial charge in [-0.3, -0.25) is 4.79 Å². The number of carbonyl (C=O) groups excluding carboxylic acids is 2. The molecule has 27 heavy (non-hydrogen) atoms. The number of esters is 1. The molecule has 3 aromatic rings. The molecule has 6 heteroatoms. The minimum absolute atomic E-state index is 0.153. The fourth-order valence-corrected chi connectivity index (χ4v) is 3.11. The quantitative estimate of drug-likeness (QED) is 0.722. The molecule has 1 aromatic heterocycles. The van der Waals surface area contributed by atoms with Crippen molar-refractivity contribution in [3.05, 3.63) is 71.9 Å². The second-order valence-corrected chi connectivity index (χ2v) is 6.26. The van der Waals surface area contributed by atoms with Crippen molar-refractivity contribution >= 4 is 22.8 Å². The van der Waals surface area contributed by atoms with Gasteiger partial charge in [-0.25, -0.2) is 9.78 Å². The summed E-state index contributed by atoms with van der Waals surface area (Å²) in [5.74, 6) is -0.208. The molecule has 136 valence electrons. The molecule has 2 aromatic carbocycles. The highest BCUT2D eigenvalue weighted by molar-refractivity contribution is 5.92. The SMILES string of the molecule is O=C(COC(=O)c1ccc2ccccc2n1)NC1CCOc2ccccc21. The highest BCUT2D eigenvalue weighted by Crippen LogP contribution is 2.31. The predicted octanol–water partition coefficient (Wildman–Crippen LogP) is 3.03. The molecule has 1 N–H and O–H groups in total. The minimum atomic E-state index is -0.622. The number of rotatable bonds is 4. The lowest BCUT2D eigenvalue weighted by Crippen LogP contribution is -2.35. The van der Waals surface area contributed by atoms with Crippen LogP contribution in [0, 0.1) is 0 Å². The predicted molar refractivity (Wildman–Crippen MR) is 99.5 cm³/mol. The summed E-state index contributed by atoms with van der Waals surface area (Å²) in [5, 5.41) is 3.83. The van der Waals surface area contributed by atoms with Gasteiger partial charge in [0.05, 0.1) is 18.2 Å². The third kappa shape index (κ3) is 3.74. The van der Waals surface area contributed by atoms with E-state index in [1.165, 1.54) is 0 Å². The van der Waals surface area contributed by atoms with Crippen LogP contribution in [0.5, 0.6) is 5.75 Å². The molecule has 0 spiro atoms. The van der Waals surface area contributed by atoms with Gasteiger partial charge in [0.15, 0.2) is 6.61 Å². The summed E-state index contributed by atoms with van der Waals surface area (Å²) >= 11 is 0. The molecule has 1 unspecified atom stereocenters. The van der Waals surface area contributed by atoms with Crippen molar-refractivity contribution in [3.63, 3.8) is 0 Å². The zero-order chi connectivity index (χ0) is 18.6. The molecule has 0 bridgehead atoms. The van der Waals surface area contributed by atoms with Crippen LogP contribution in [0.4, 0.5) is 0 Å². The number of ether oxygens (including phenoxy) is 2. The van der Waals surface area contributed by atoms with Crippen LogP contribution >= 0.6 is 0 Å². The third-order valence-corrected chi connectivity index (χ3v) is 4.44. The van der Waals surface area contributed by atoms with Crippen LogP contribution in [0.1, 0.15) is 28.5 Å². The van der Waals surface area contributed by atoms with Gasteiger partial charge >= 0.3 is 5.97 Å².